The molecule has 0 aliphatic heterocycles. The number of nitrogens with zero attached hydrogens (tertiary/aromatic N) is 2. The zero-order valence-corrected chi connectivity index (χ0v) is 12.4. The molecule has 1 aromatic heterocycles. The van der Waals surface area contributed by atoms with Crippen LogP contribution in [0.2, 0.25) is 0 Å². The standard InChI is InChI=1S/C17H18N4O/c1-13-4-2-3-5-15(13)11-22-16-8-6-14(7-9-16)10-18-17-19-12-20-21-17/h2-9,12H,10-11H2,1H3,(H2,18,19,20,21). The zero-order valence-electron chi connectivity index (χ0n) is 12.4. The van der Waals surface area contributed by atoms with E-state index < -0.39 is 0 Å². The molecule has 0 radical (unpaired) electrons. The van der Waals surface area contributed by atoms with Gasteiger partial charge in [0.1, 0.15) is 18.7 Å². The van der Waals surface area contributed by atoms with Gasteiger partial charge in [0.15, 0.2) is 0 Å². The largest absolute Gasteiger partial charge is 0.489 e. The van der Waals surface area contributed by atoms with Crippen molar-refractivity contribution in [2.75, 3.05) is 5.32 Å². The van der Waals surface area contributed by atoms with E-state index in [4.69, 9.17) is 4.74 Å². The van der Waals surface area contributed by atoms with Gasteiger partial charge in [0.2, 0.25) is 5.95 Å². The number of H-pyrrole nitrogens is 1. The van der Waals surface area contributed by atoms with E-state index in [0.717, 1.165) is 11.3 Å². The maximum Gasteiger partial charge on any atom is 0.218 e. The minimum atomic E-state index is 0.586. The Morgan fingerprint density at radius 1 is 1.09 bits per heavy atom. The molecule has 3 rings (SSSR count). The average molecular weight is 294 g/mol. The molecule has 1 heterocycles. The van der Waals surface area contributed by atoms with E-state index in [-0.39, 0.29) is 0 Å². The van der Waals surface area contributed by atoms with Gasteiger partial charge < -0.3 is 10.1 Å². The first-order chi connectivity index (χ1) is 10.8. The van der Waals surface area contributed by atoms with Crippen molar-refractivity contribution < 1.29 is 4.74 Å². The van der Waals surface area contributed by atoms with E-state index in [0.29, 0.717) is 19.1 Å². The number of aryl methyl sites for hydroxylation is 1. The molecule has 5 nitrogen and oxygen atoms in total. The molecule has 0 aliphatic carbocycles. The van der Waals surface area contributed by atoms with Gasteiger partial charge >= 0.3 is 0 Å². The fourth-order valence-corrected chi connectivity index (χ4v) is 2.11. The van der Waals surface area contributed by atoms with Gasteiger partial charge in [0.25, 0.3) is 0 Å². The number of benzene rings is 2. The average Bonchev–Trinajstić information content (AvgIpc) is 3.07. The lowest BCUT2D eigenvalue weighted by Crippen LogP contribution is -2.01. The van der Waals surface area contributed by atoms with Gasteiger partial charge in [-0.05, 0) is 35.7 Å². The Bertz CT molecular complexity index is 708. The number of aromatic nitrogens is 3. The molecule has 0 atom stereocenters. The Balaban J connectivity index is 1.54. The highest BCUT2D eigenvalue weighted by Crippen LogP contribution is 2.16. The van der Waals surface area contributed by atoms with Crippen LogP contribution in [-0.4, -0.2) is 15.2 Å². The summed E-state index contributed by atoms with van der Waals surface area (Å²) in [7, 11) is 0. The van der Waals surface area contributed by atoms with Gasteiger partial charge in [-0.25, -0.2) is 10.1 Å². The summed E-state index contributed by atoms with van der Waals surface area (Å²) in [5.41, 5.74) is 3.61. The Kier molecular flexibility index (Phi) is 4.34. The summed E-state index contributed by atoms with van der Waals surface area (Å²) in [5, 5.41) is 9.71. The number of nitrogens with one attached hydrogen (secondary N) is 2. The van der Waals surface area contributed by atoms with Crippen molar-refractivity contribution in [3.05, 3.63) is 71.5 Å². The molecule has 0 unspecified atom stereocenters. The predicted molar refractivity (Wildman–Crippen MR) is 85.7 cm³/mol. The molecule has 0 aliphatic rings. The van der Waals surface area contributed by atoms with E-state index in [1.165, 1.54) is 17.5 Å². The fourth-order valence-electron chi connectivity index (χ4n) is 2.11. The highest BCUT2D eigenvalue weighted by molar-refractivity contribution is 5.31. The minimum absolute atomic E-state index is 0.586. The van der Waals surface area contributed by atoms with Crippen LogP contribution in [-0.2, 0) is 13.2 Å². The van der Waals surface area contributed by atoms with Crippen LogP contribution in [0.4, 0.5) is 5.95 Å². The molecule has 0 spiro atoms. The van der Waals surface area contributed by atoms with Crippen molar-refractivity contribution in [1.82, 2.24) is 15.2 Å². The lowest BCUT2D eigenvalue weighted by molar-refractivity contribution is 0.305. The quantitative estimate of drug-likeness (QED) is 0.732. The van der Waals surface area contributed by atoms with E-state index in [1.54, 1.807) is 0 Å². The smallest absolute Gasteiger partial charge is 0.218 e. The third kappa shape index (κ3) is 3.63. The number of hydrogen-bond acceptors (Lipinski definition) is 4. The molecule has 112 valence electrons. The maximum atomic E-state index is 5.83. The SMILES string of the molecule is Cc1ccccc1COc1ccc(CNc2ncn[nH]2)cc1. The predicted octanol–water partition coefficient (Wildman–Crippen LogP) is 3.30. The first-order valence-electron chi connectivity index (χ1n) is 7.17. The third-order valence-corrected chi connectivity index (χ3v) is 3.45. The molecular weight excluding hydrogens is 276 g/mol. The molecule has 0 bridgehead atoms. The molecule has 2 N–H and O–H groups in total. The van der Waals surface area contributed by atoms with Gasteiger partial charge in [-0.1, -0.05) is 36.4 Å². The number of aromatic amines is 1. The van der Waals surface area contributed by atoms with Crippen molar-refractivity contribution >= 4 is 5.95 Å². The maximum absolute atomic E-state index is 5.83. The monoisotopic (exact) mass is 294 g/mol. The number of hydrogen-bond donors (Lipinski definition) is 2. The summed E-state index contributed by atoms with van der Waals surface area (Å²) in [4.78, 5) is 4.02. The molecule has 22 heavy (non-hydrogen) atoms. The molecule has 0 fully saturated rings. The highest BCUT2D eigenvalue weighted by Gasteiger charge is 2.00. The van der Waals surface area contributed by atoms with Crippen molar-refractivity contribution in [3.63, 3.8) is 0 Å². The molecule has 2 aromatic carbocycles. The van der Waals surface area contributed by atoms with Crippen molar-refractivity contribution in [2.45, 2.75) is 20.1 Å². The molecule has 5 heteroatoms. The van der Waals surface area contributed by atoms with Crippen molar-refractivity contribution in [2.24, 2.45) is 0 Å². The van der Waals surface area contributed by atoms with Crippen LogP contribution in [0.1, 0.15) is 16.7 Å². The first-order valence-corrected chi connectivity index (χ1v) is 7.17. The lowest BCUT2D eigenvalue weighted by atomic mass is 10.1. The summed E-state index contributed by atoms with van der Waals surface area (Å²) in [6.07, 6.45) is 1.48. The van der Waals surface area contributed by atoms with Gasteiger partial charge in [-0.15, -0.1) is 0 Å². The molecule has 0 saturated heterocycles. The van der Waals surface area contributed by atoms with Crippen LogP contribution in [0.15, 0.2) is 54.9 Å². The van der Waals surface area contributed by atoms with Crippen LogP contribution in [0.5, 0.6) is 5.75 Å². The van der Waals surface area contributed by atoms with Crippen molar-refractivity contribution in [1.29, 1.82) is 0 Å². The topological polar surface area (TPSA) is 62.8 Å². The lowest BCUT2D eigenvalue weighted by Gasteiger charge is -2.09. The fraction of sp³-hybridized carbons (Fsp3) is 0.176. The van der Waals surface area contributed by atoms with Crippen LogP contribution < -0.4 is 10.1 Å². The van der Waals surface area contributed by atoms with Gasteiger partial charge in [-0.2, -0.15) is 5.10 Å². The summed E-state index contributed by atoms with van der Waals surface area (Å²) < 4.78 is 5.83. The summed E-state index contributed by atoms with van der Waals surface area (Å²) in [5.74, 6) is 1.53. The minimum Gasteiger partial charge on any atom is -0.489 e. The third-order valence-electron chi connectivity index (χ3n) is 3.45. The van der Waals surface area contributed by atoms with E-state index >= 15 is 0 Å². The van der Waals surface area contributed by atoms with Gasteiger partial charge in [0.05, 0.1) is 0 Å². The highest BCUT2D eigenvalue weighted by atomic mass is 16.5. The second kappa shape index (κ2) is 6.76. The Hall–Kier alpha value is -2.82. The van der Waals surface area contributed by atoms with Crippen LogP contribution in [0, 0.1) is 6.92 Å². The van der Waals surface area contributed by atoms with E-state index in [9.17, 15) is 0 Å². The van der Waals surface area contributed by atoms with Gasteiger partial charge in [0, 0.05) is 6.54 Å². The number of rotatable bonds is 6. The summed E-state index contributed by atoms with van der Waals surface area (Å²) in [6.45, 7) is 3.37. The summed E-state index contributed by atoms with van der Waals surface area (Å²) in [6, 6.07) is 16.3. The molecule has 3 aromatic rings. The van der Waals surface area contributed by atoms with E-state index in [2.05, 4.69) is 39.6 Å². The van der Waals surface area contributed by atoms with Crippen LogP contribution in [0.3, 0.4) is 0 Å². The number of ether oxygens (including phenoxy) is 1. The number of anilines is 1. The zero-order chi connectivity index (χ0) is 15.2. The summed E-state index contributed by atoms with van der Waals surface area (Å²) >= 11 is 0. The second-order valence-corrected chi connectivity index (χ2v) is 5.05. The van der Waals surface area contributed by atoms with Crippen LogP contribution >= 0.6 is 0 Å². The molecule has 0 saturated carbocycles. The van der Waals surface area contributed by atoms with Crippen molar-refractivity contribution in [3.8, 4) is 5.75 Å². The van der Waals surface area contributed by atoms with Crippen LogP contribution in [0.25, 0.3) is 0 Å². The normalized spacial score (nSPS) is 10.4. The van der Waals surface area contributed by atoms with E-state index in [1.807, 2.05) is 36.4 Å². The Morgan fingerprint density at radius 2 is 1.91 bits per heavy atom. The molecule has 0 amide bonds. The Labute approximate surface area is 129 Å². The van der Waals surface area contributed by atoms with Gasteiger partial charge in [-0.3, -0.25) is 0 Å². The second-order valence-electron chi connectivity index (χ2n) is 5.05. The Morgan fingerprint density at radius 3 is 2.64 bits per heavy atom. The first kappa shape index (κ1) is 14.1. The molecular formula is C17H18N4O.